The predicted octanol–water partition coefficient (Wildman–Crippen LogP) is 2.28. The molecule has 0 bridgehead atoms. The molecule has 5 nitrogen and oxygen atoms in total. The van der Waals surface area contributed by atoms with E-state index in [1.54, 1.807) is 19.2 Å². The Morgan fingerprint density at radius 1 is 1.55 bits per heavy atom. The number of halogens is 1. The Bertz CT molecular complexity index is 523. The number of anilines is 2. The summed E-state index contributed by atoms with van der Waals surface area (Å²) in [7, 11) is -0.947. The first-order chi connectivity index (χ1) is 9.35. The molecule has 0 aliphatic heterocycles. The molecule has 1 aromatic carbocycles. The fourth-order valence-electron chi connectivity index (χ4n) is 1.78. The summed E-state index contributed by atoms with van der Waals surface area (Å²) in [6.07, 6.45) is 1.62. The number of nitrogens with two attached hydrogens (primary N) is 1. The molecule has 112 valence electrons. The summed E-state index contributed by atoms with van der Waals surface area (Å²) in [4.78, 5) is 11.9. The SMILES string of the molecule is CCOC(=O)c1cc(N)cc(Cl)c1NC(C)CS(C)=O. The zero-order chi connectivity index (χ0) is 15.3. The van der Waals surface area contributed by atoms with Gasteiger partial charge in [0, 0.05) is 34.5 Å². The number of ether oxygens (including phenoxy) is 1. The van der Waals surface area contributed by atoms with Crippen LogP contribution in [0.15, 0.2) is 12.1 Å². The first-order valence-electron chi connectivity index (χ1n) is 6.17. The zero-order valence-corrected chi connectivity index (χ0v) is 13.3. The van der Waals surface area contributed by atoms with Gasteiger partial charge in [0.1, 0.15) is 0 Å². The molecule has 1 rings (SSSR count). The van der Waals surface area contributed by atoms with Crippen LogP contribution in [0.2, 0.25) is 5.02 Å². The first-order valence-corrected chi connectivity index (χ1v) is 8.28. The van der Waals surface area contributed by atoms with E-state index in [4.69, 9.17) is 22.1 Å². The van der Waals surface area contributed by atoms with Crippen LogP contribution in [-0.4, -0.2) is 34.8 Å². The summed E-state index contributed by atoms with van der Waals surface area (Å²) >= 11 is 6.13. The Balaban J connectivity index is 3.09. The highest BCUT2D eigenvalue weighted by Gasteiger charge is 2.18. The second kappa shape index (κ2) is 7.50. The van der Waals surface area contributed by atoms with Crippen molar-refractivity contribution in [3.63, 3.8) is 0 Å². The summed E-state index contributed by atoms with van der Waals surface area (Å²) in [5.74, 6) is -0.0443. The molecule has 0 fully saturated rings. The lowest BCUT2D eigenvalue weighted by Crippen LogP contribution is -2.24. The van der Waals surface area contributed by atoms with Gasteiger partial charge in [0.2, 0.25) is 0 Å². The quantitative estimate of drug-likeness (QED) is 0.621. The molecule has 20 heavy (non-hydrogen) atoms. The Morgan fingerprint density at radius 3 is 2.75 bits per heavy atom. The third kappa shape index (κ3) is 4.68. The summed E-state index contributed by atoms with van der Waals surface area (Å²) in [5.41, 5.74) is 6.83. The van der Waals surface area contributed by atoms with Gasteiger partial charge >= 0.3 is 5.97 Å². The molecule has 3 N–H and O–H groups in total. The van der Waals surface area contributed by atoms with Gasteiger partial charge in [0.15, 0.2) is 0 Å². The smallest absolute Gasteiger partial charge is 0.340 e. The minimum atomic E-state index is -0.947. The van der Waals surface area contributed by atoms with Crippen LogP contribution in [-0.2, 0) is 15.5 Å². The van der Waals surface area contributed by atoms with Crippen molar-refractivity contribution in [3.8, 4) is 0 Å². The maximum atomic E-state index is 11.9. The van der Waals surface area contributed by atoms with E-state index in [0.29, 0.717) is 22.2 Å². The summed E-state index contributed by atoms with van der Waals surface area (Å²) in [6.45, 7) is 3.85. The number of benzene rings is 1. The number of carbonyl (C=O) groups excluding carboxylic acids is 1. The van der Waals surface area contributed by atoms with Gasteiger partial charge in [-0.3, -0.25) is 4.21 Å². The summed E-state index contributed by atoms with van der Waals surface area (Å²) in [5, 5.41) is 3.43. The van der Waals surface area contributed by atoms with E-state index in [0.717, 1.165) is 0 Å². The highest BCUT2D eigenvalue weighted by molar-refractivity contribution is 7.84. The molecule has 2 unspecified atom stereocenters. The van der Waals surface area contributed by atoms with Crippen LogP contribution in [0.5, 0.6) is 0 Å². The number of rotatable bonds is 6. The molecule has 0 saturated heterocycles. The van der Waals surface area contributed by atoms with Gasteiger partial charge in [0.05, 0.1) is 22.9 Å². The first kappa shape index (κ1) is 16.8. The lowest BCUT2D eigenvalue weighted by atomic mass is 10.1. The normalized spacial score (nSPS) is 13.6. The molecule has 0 aliphatic rings. The van der Waals surface area contributed by atoms with Crippen molar-refractivity contribution in [2.75, 3.05) is 29.7 Å². The van der Waals surface area contributed by atoms with Gasteiger partial charge in [-0.2, -0.15) is 0 Å². The molecule has 2 atom stereocenters. The maximum absolute atomic E-state index is 11.9. The minimum Gasteiger partial charge on any atom is -0.462 e. The Morgan fingerprint density at radius 2 is 2.20 bits per heavy atom. The van der Waals surface area contributed by atoms with Crippen molar-refractivity contribution in [3.05, 3.63) is 22.7 Å². The van der Waals surface area contributed by atoms with Crippen LogP contribution in [0.25, 0.3) is 0 Å². The van der Waals surface area contributed by atoms with E-state index in [1.807, 2.05) is 6.92 Å². The molecule has 0 saturated carbocycles. The molecular weight excluding hydrogens is 300 g/mol. The van der Waals surface area contributed by atoms with Crippen LogP contribution >= 0.6 is 11.6 Å². The van der Waals surface area contributed by atoms with Gasteiger partial charge in [0.25, 0.3) is 0 Å². The molecular formula is C13H19ClN2O3S. The number of esters is 1. The fraction of sp³-hybridized carbons (Fsp3) is 0.462. The maximum Gasteiger partial charge on any atom is 0.340 e. The van der Waals surface area contributed by atoms with Crippen LogP contribution in [0.4, 0.5) is 11.4 Å². The summed E-state index contributed by atoms with van der Waals surface area (Å²) in [6, 6.07) is 2.97. The van der Waals surface area contributed by atoms with E-state index in [2.05, 4.69) is 5.32 Å². The van der Waals surface area contributed by atoms with Gasteiger partial charge in [-0.25, -0.2) is 4.79 Å². The molecule has 0 heterocycles. The zero-order valence-electron chi connectivity index (χ0n) is 11.7. The topological polar surface area (TPSA) is 81.4 Å². The monoisotopic (exact) mass is 318 g/mol. The van der Waals surface area contributed by atoms with Crippen molar-refractivity contribution < 1.29 is 13.7 Å². The minimum absolute atomic E-state index is 0.102. The highest BCUT2D eigenvalue weighted by Crippen LogP contribution is 2.30. The average molecular weight is 319 g/mol. The van der Waals surface area contributed by atoms with Gasteiger partial charge < -0.3 is 15.8 Å². The number of hydrogen-bond acceptors (Lipinski definition) is 5. The van der Waals surface area contributed by atoms with Gasteiger partial charge in [-0.15, -0.1) is 0 Å². The lowest BCUT2D eigenvalue weighted by Gasteiger charge is -2.18. The second-order valence-corrected chi connectivity index (χ2v) is 6.32. The van der Waals surface area contributed by atoms with E-state index >= 15 is 0 Å². The van der Waals surface area contributed by atoms with Crippen LogP contribution in [0, 0.1) is 0 Å². The standard InChI is InChI=1S/C13H19ClN2O3S/c1-4-19-13(17)10-5-9(15)6-11(14)12(10)16-8(2)7-20(3)18/h5-6,8,16H,4,7,15H2,1-3H3. The van der Waals surface area contributed by atoms with Crippen molar-refractivity contribution in [1.82, 2.24) is 0 Å². The molecule has 0 aromatic heterocycles. The fourth-order valence-corrected chi connectivity index (χ4v) is 2.85. The molecule has 7 heteroatoms. The number of hydrogen-bond donors (Lipinski definition) is 2. The highest BCUT2D eigenvalue weighted by atomic mass is 35.5. The number of carbonyl (C=O) groups is 1. The molecule has 0 amide bonds. The third-order valence-electron chi connectivity index (χ3n) is 2.48. The van der Waals surface area contributed by atoms with Gasteiger partial charge in [-0.05, 0) is 26.0 Å². The second-order valence-electron chi connectivity index (χ2n) is 4.43. The van der Waals surface area contributed by atoms with Crippen molar-refractivity contribution >= 4 is 39.7 Å². The van der Waals surface area contributed by atoms with E-state index in [1.165, 1.54) is 6.07 Å². The van der Waals surface area contributed by atoms with E-state index in [-0.39, 0.29) is 18.2 Å². The van der Waals surface area contributed by atoms with Crippen LogP contribution in [0.3, 0.4) is 0 Å². The van der Waals surface area contributed by atoms with Crippen molar-refractivity contribution in [2.24, 2.45) is 0 Å². The van der Waals surface area contributed by atoms with Gasteiger partial charge in [-0.1, -0.05) is 11.6 Å². The Hall–Kier alpha value is -1.27. The lowest BCUT2D eigenvalue weighted by molar-refractivity contribution is 0.0527. The Labute approximate surface area is 126 Å². The molecule has 1 aromatic rings. The van der Waals surface area contributed by atoms with Crippen molar-refractivity contribution in [2.45, 2.75) is 19.9 Å². The largest absolute Gasteiger partial charge is 0.462 e. The third-order valence-corrected chi connectivity index (χ3v) is 3.75. The van der Waals surface area contributed by atoms with Crippen molar-refractivity contribution in [1.29, 1.82) is 0 Å². The number of nitrogens with one attached hydrogen (secondary N) is 1. The van der Waals surface area contributed by atoms with Crippen LogP contribution < -0.4 is 11.1 Å². The molecule has 0 spiro atoms. The van der Waals surface area contributed by atoms with E-state index in [9.17, 15) is 9.00 Å². The Kier molecular flexibility index (Phi) is 6.29. The molecule has 0 aliphatic carbocycles. The average Bonchev–Trinajstić information content (AvgIpc) is 2.31. The number of nitrogen functional groups attached to an aromatic ring is 1. The molecule has 0 radical (unpaired) electrons. The van der Waals surface area contributed by atoms with E-state index < -0.39 is 16.8 Å². The van der Waals surface area contributed by atoms with Crippen LogP contribution in [0.1, 0.15) is 24.2 Å². The predicted molar refractivity (Wildman–Crippen MR) is 83.8 cm³/mol. The summed E-state index contributed by atoms with van der Waals surface area (Å²) < 4.78 is 16.2.